The number of amides is 4. The van der Waals surface area contributed by atoms with E-state index in [0.717, 1.165) is 63.1 Å². The van der Waals surface area contributed by atoms with Crippen LogP contribution >= 0.6 is 11.6 Å². The Bertz CT molecular complexity index is 2580. The number of likely N-dealkylation sites (tertiary alicyclic amines) is 1. The van der Waals surface area contributed by atoms with E-state index in [0.29, 0.717) is 85.9 Å². The molecule has 3 saturated heterocycles. The van der Waals surface area contributed by atoms with Gasteiger partial charge in [-0.25, -0.2) is 14.5 Å². The van der Waals surface area contributed by atoms with Crippen molar-refractivity contribution in [1.29, 1.82) is 0 Å². The molecule has 0 bridgehead atoms. The van der Waals surface area contributed by atoms with Gasteiger partial charge in [-0.2, -0.15) is 5.10 Å². The summed E-state index contributed by atoms with van der Waals surface area (Å²) in [5.74, 6) is -1.39. The molecule has 0 spiro atoms. The lowest BCUT2D eigenvalue weighted by Gasteiger charge is -2.39. The molecule has 0 radical (unpaired) electrons. The molecular formula is C48H53ClFN9O5. The molecule has 14 nitrogen and oxygen atoms in total. The summed E-state index contributed by atoms with van der Waals surface area (Å²) < 4.78 is 15.1. The predicted molar refractivity (Wildman–Crippen MR) is 244 cm³/mol. The largest absolute Gasteiger partial charge is 0.338 e. The van der Waals surface area contributed by atoms with Crippen molar-refractivity contribution in [2.75, 3.05) is 89.7 Å². The first kappa shape index (κ1) is 44.6. The first-order valence-electron chi connectivity index (χ1n) is 22.1. The molecule has 5 aromatic rings. The summed E-state index contributed by atoms with van der Waals surface area (Å²) in [6, 6.07) is 21.5. The van der Waals surface area contributed by atoms with E-state index in [4.69, 9.17) is 11.6 Å². The number of rotatable bonds is 12. The number of carbonyl (C=O) groups excluding carboxylic acids is 4. The highest BCUT2D eigenvalue weighted by Gasteiger charge is 2.31. The van der Waals surface area contributed by atoms with Gasteiger partial charge in [0.15, 0.2) is 5.69 Å². The molecule has 3 aliphatic rings. The molecule has 5 heterocycles. The van der Waals surface area contributed by atoms with Crippen LogP contribution in [0.4, 0.5) is 10.1 Å². The number of carbonyl (C=O) groups is 4. The summed E-state index contributed by atoms with van der Waals surface area (Å²) >= 11 is 5.82. The van der Waals surface area contributed by atoms with Gasteiger partial charge in [-0.1, -0.05) is 55.5 Å². The Balaban J connectivity index is 0.774. The summed E-state index contributed by atoms with van der Waals surface area (Å²) in [7, 11) is 0. The van der Waals surface area contributed by atoms with Crippen LogP contribution in [-0.2, 0) is 22.4 Å². The summed E-state index contributed by atoms with van der Waals surface area (Å²) in [4.78, 5) is 79.7. The second-order valence-electron chi connectivity index (χ2n) is 16.9. The number of pyridine rings is 1. The zero-order valence-corrected chi connectivity index (χ0v) is 36.8. The lowest BCUT2D eigenvalue weighted by Crippen LogP contribution is -2.53. The van der Waals surface area contributed by atoms with Gasteiger partial charge in [-0.15, -0.1) is 11.6 Å². The molecule has 0 atom stereocenters. The maximum Gasteiger partial charge on any atom is 0.274 e. The van der Waals surface area contributed by atoms with Crippen molar-refractivity contribution in [3.05, 3.63) is 123 Å². The number of aryl methyl sites for hydroxylation is 1. The molecule has 16 heteroatoms. The number of aromatic nitrogens is 3. The minimum atomic E-state index is -0.610. The van der Waals surface area contributed by atoms with Crippen LogP contribution in [0.1, 0.15) is 57.4 Å². The second kappa shape index (κ2) is 20.2. The summed E-state index contributed by atoms with van der Waals surface area (Å²) in [6.07, 6.45) is 4.81. The summed E-state index contributed by atoms with van der Waals surface area (Å²) in [6.45, 7) is 8.88. The number of H-pyrrole nitrogens is 1. The maximum atomic E-state index is 15.1. The molecule has 2 aromatic heterocycles. The van der Waals surface area contributed by atoms with Gasteiger partial charge in [0.2, 0.25) is 11.8 Å². The minimum absolute atomic E-state index is 0.0272. The highest BCUT2D eigenvalue weighted by molar-refractivity contribution is 6.29. The van der Waals surface area contributed by atoms with Crippen LogP contribution in [0, 0.1) is 11.7 Å². The van der Waals surface area contributed by atoms with Crippen LogP contribution in [-0.4, -0.2) is 148 Å². The Labute approximate surface area is 376 Å². The van der Waals surface area contributed by atoms with Crippen molar-refractivity contribution >= 4 is 51.7 Å². The number of fused-ring (bicyclic) bond motifs is 1. The van der Waals surface area contributed by atoms with Crippen LogP contribution in [0.5, 0.6) is 0 Å². The van der Waals surface area contributed by atoms with E-state index < -0.39 is 17.6 Å². The number of benzene rings is 3. The highest BCUT2D eigenvalue weighted by Crippen LogP contribution is 2.27. The van der Waals surface area contributed by atoms with Crippen molar-refractivity contribution in [3.8, 4) is 11.1 Å². The Morgan fingerprint density at radius 2 is 1.47 bits per heavy atom. The molecule has 8 rings (SSSR count). The third-order valence-electron chi connectivity index (χ3n) is 12.7. The SMILES string of the molecule is CCc1cccc(-c2cnc(C(=O)N3CCN(CC4CCN(CC(=O)N5CCN(C(=O)c6cc(Cc7n[nH]c(=O)c8ccccc78)ccc6F)CC5)CC4)CC3)c(NC(=O)CCl)c2)c1. The summed E-state index contributed by atoms with van der Waals surface area (Å²) in [5, 5.41) is 10.8. The molecule has 0 aliphatic carbocycles. The van der Waals surface area contributed by atoms with E-state index in [2.05, 4.69) is 49.4 Å². The second-order valence-corrected chi connectivity index (χ2v) is 17.1. The van der Waals surface area contributed by atoms with Crippen molar-refractivity contribution in [2.24, 2.45) is 5.92 Å². The Hall–Kier alpha value is -6.03. The summed E-state index contributed by atoms with van der Waals surface area (Å²) in [5.41, 5.74) is 4.48. The van der Waals surface area contributed by atoms with Crippen LogP contribution in [0.25, 0.3) is 21.9 Å². The highest BCUT2D eigenvalue weighted by atomic mass is 35.5. The number of aromatic amines is 1. The molecule has 2 N–H and O–H groups in total. The van der Waals surface area contributed by atoms with Crippen molar-refractivity contribution < 1.29 is 23.6 Å². The molecule has 3 aromatic carbocycles. The number of piperazine rings is 2. The topological polar surface area (TPSA) is 155 Å². The zero-order chi connectivity index (χ0) is 44.7. The first-order valence-corrected chi connectivity index (χ1v) is 22.6. The number of anilines is 1. The maximum absolute atomic E-state index is 15.1. The fourth-order valence-corrected chi connectivity index (χ4v) is 9.05. The number of halogens is 2. The number of alkyl halides is 1. The fraction of sp³-hybridized carbons (Fsp3) is 0.396. The van der Waals surface area contributed by atoms with Crippen molar-refractivity contribution in [1.82, 2.24) is 39.7 Å². The lowest BCUT2D eigenvalue weighted by molar-refractivity contribution is -0.134. The van der Waals surface area contributed by atoms with E-state index in [1.165, 1.54) is 11.6 Å². The first-order chi connectivity index (χ1) is 31.1. The van der Waals surface area contributed by atoms with Gasteiger partial charge in [0.05, 0.1) is 28.9 Å². The van der Waals surface area contributed by atoms with Crippen LogP contribution in [0.2, 0.25) is 0 Å². The van der Waals surface area contributed by atoms with Gasteiger partial charge in [0.25, 0.3) is 17.4 Å². The number of nitrogens with zero attached hydrogens (tertiary/aromatic N) is 7. The van der Waals surface area contributed by atoms with Gasteiger partial charge >= 0.3 is 0 Å². The van der Waals surface area contributed by atoms with E-state index in [1.807, 2.05) is 24.3 Å². The van der Waals surface area contributed by atoms with Gasteiger partial charge in [-0.05, 0) is 79.2 Å². The fourth-order valence-electron chi connectivity index (χ4n) is 8.98. The third kappa shape index (κ3) is 10.3. The van der Waals surface area contributed by atoms with Gasteiger partial charge < -0.3 is 20.0 Å². The average molecular weight is 890 g/mol. The third-order valence-corrected chi connectivity index (χ3v) is 13.0. The van der Waals surface area contributed by atoms with Gasteiger partial charge in [0.1, 0.15) is 11.7 Å². The van der Waals surface area contributed by atoms with Gasteiger partial charge in [-0.3, -0.25) is 33.8 Å². The van der Waals surface area contributed by atoms with Crippen LogP contribution in [0.15, 0.2) is 83.8 Å². The number of piperidine rings is 1. The van der Waals surface area contributed by atoms with E-state index in [9.17, 15) is 24.0 Å². The molecule has 0 unspecified atom stereocenters. The predicted octanol–water partition coefficient (Wildman–Crippen LogP) is 4.91. The standard InChI is InChI=1S/C48H53ClFN9O5/c1-2-32-6-5-7-35(24-32)36-27-42(52-43(60)28-49)45(51-29-36)48(64)59-18-16-56(17-19-59)30-33-12-14-55(15-13-33)31-44(61)57-20-22-58(23-21-57)47(63)39-25-34(10-11-40(39)50)26-41-37-8-3-4-9-38(37)46(62)54-53-41/h3-11,24-25,27,29,33H,2,12-23,26,28,30-31H2,1H3,(H,52,60)(H,54,62). The van der Waals surface area contributed by atoms with E-state index in [1.54, 1.807) is 51.2 Å². The van der Waals surface area contributed by atoms with Crippen LogP contribution in [0.3, 0.4) is 0 Å². The Kier molecular flexibility index (Phi) is 14.1. The van der Waals surface area contributed by atoms with E-state index in [-0.39, 0.29) is 34.5 Å². The quantitative estimate of drug-likeness (QED) is 0.167. The Morgan fingerprint density at radius 1 is 0.766 bits per heavy atom. The smallest absolute Gasteiger partial charge is 0.274 e. The zero-order valence-electron chi connectivity index (χ0n) is 36.0. The van der Waals surface area contributed by atoms with Crippen molar-refractivity contribution in [2.45, 2.75) is 32.6 Å². The Morgan fingerprint density at radius 3 is 2.20 bits per heavy atom. The minimum Gasteiger partial charge on any atom is -0.338 e. The molecule has 3 fully saturated rings. The van der Waals surface area contributed by atoms with Gasteiger partial charge in [0, 0.05) is 82.5 Å². The molecule has 0 saturated carbocycles. The molecule has 64 heavy (non-hydrogen) atoms. The molecule has 3 aliphatic heterocycles. The number of hydrogen-bond donors (Lipinski definition) is 2. The number of nitrogens with one attached hydrogen (secondary N) is 2. The normalized spacial score (nSPS) is 16.6. The van der Waals surface area contributed by atoms with E-state index >= 15 is 4.39 Å². The molecular weight excluding hydrogens is 837 g/mol. The monoisotopic (exact) mass is 889 g/mol. The lowest BCUT2D eigenvalue weighted by atomic mass is 9.96. The number of hydrogen-bond acceptors (Lipinski definition) is 9. The molecule has 4 amide bonds. The molecule has 334 valence electrons. The van der Waals surface area contributed by atoms with Crippen LogP contribution < -0.4 is 10.9 Å². The average Bonchev–Trinajstić information content (AvgIpc) is 3.33. The van der Waals surface area contributed by atoms with Crippen molar-refractivity contribution in [3.63, 3.8) is 0 Å².